The van der Waals surface area contributed by atoms with Gasteiger partial charge in [-0.1, -0.05) is 42.5 Å². The van der Waals surface area contributed by atoms with Crippen LogP contribution in [0.5, 0.6) is 0 Å². The van der Waals surface area contributed by atoms with Crippen molar-refractivity contribution in [2.45, 2.75) is 19.8 Å². The molecule has 0 aromatic rings. The lowest BCUT2D eigenvalue weighted by Gasteiger charge is -2.15. The average Bonchev–Trinajstić information content (AvgIpc) is 2.25. The van der Waals surface area contributed by atoms with Crippen molar-refractivity contribution >= 4 is 0 Å². The van der Waals surface area contributed by atoms with E-state index in [0.29, 0.717) is 0 Å². The summed E-state index contributed by atoms with van der Waals surface area (Å²) in [6.45, 7) is 8.06. The molecule has 1 rings (SSSR count). The Morgan fingerprint density at radius 3 is 2.64 bits per heavy atom. The highest BCUT2D eigenvalue weighted by atomic mass is 14.9. The molecule has 1 N–H and O–H groups in total. The number of hydrogen-bond donors (Lipinski definition) is 1. The van der Waals surface area contributed by atoms with Crippen LogP contribution in [0.25, 0.3) is 0 Å². The maximum Gasteiger partial charge on any atom is -0.00113 e. The number of hydrogen-bond acceptors (Lipinski definition) is 1. The lowest BCUT2D eigenvalue weighted by Crippen LogP contribution is -2.23. The monoisotopic (exact) mass is 189 g/mol. The summed E-state index contributed by atoms with van der Waals surface area (Å²) in [7, 11) is 0. The second kappa shape index (κ2) is 6.39. The van der Waals surface area contributed by atoms with Crippen LogP contribution >= 0.6 is 0 Å². The van der Waals surface area contributed by atoms with Gasteiger partial charge in [0.25, 0.3) is 0 Å². The minimum absolute atomic E-state index is 1.11. The highest BCUT2D eigenvalue weighted by Gasteiger charge is 2.03. The number of nitrogens with one attached hydrogen (secondary N) is 1. The van der Waals surface area contributed by atoms with Gasteiger partial charge in [-0.05, 0) is 38.4 Å². The van der Waals surface area contributed by atoms with Crippen molar-refractivity contribution in [2.24, 2.45) is 0 Å². The quantitative estimate of drug-likeness (QED) is 0.673. The molecule has 0 aromatic heterocycles. The van der Waals surface area contributed by atoms with Gasteiger partial charge in [-0.2, -0.15) is 0 Å². The Morgan fingerprint density at radius 1 is 1.36 bits per heavy atom. The molecule has 0 radical (unpaired) electrons. The van der Waals surface area contributed by atoms with Gasteiger partial charge < -0.3 is 5.32 Å². The predicted octanol–water partition coefficient (Wildman–Crippen LogP) is 2.98. The molecule has 0 bridgehead atoms. The molecule has 1 heteroatoms. The van der Waals surface area contributed by atoms with Crippen LogP contribution < -0.4 is 5.32 Å². The molecular formula is C13H19N. The highest BCUT2D eigenvalue weighted by Crippen LogP contribution is 2.13. The third-order valence-electron chi connectivity index (χ3n) is 2.33. The molecule has 1 aliphatic rings. The van der Waals surface area contributed by atoms with Gasteiger partial charge in [-0.3, -0.25) is 0 Å². The van der Waals surface area contributed by atoms with Crippen LogP contribution in [0.3, 0.4) is 0 Å². The van der Waals surface area contributed by atoms with Gasteiger partial charge in [0.1, 0.15) is 0 Å². The fourth-order valence-corrected chi connectivity index (χ4v) is 1.51. The van der Waals surface area contributed by atoms with E-state index in [2.05, 4.69) is 30.1 Å². The van der Waals surface area contributed by atoms with Gasteiger partial charge in [0.15, 0.2) is 0 Å². The first kappa shape index (κ1) is 11.0. The Kier molecular flexibility index (Phi) is 5.02. The smallest absolute Gasteiger partial charge is 0.00113 e. The molecule has 0 atom stereocenters. The molecule has 0 unspecified atom stereocenters. The highest BCUT2D eigenvalue weighted by molar-refractivity contribution is 5.35. The first-order valence-electron chi connectivity index (χ1n) is 5.22. The average molecular weight is 189 g/mol. The summed E-state index contributed by atoms with van der Waals surface area (Å²) in [6, 6.07) is 0. The van der Waals surface area contributed by atoms with Gasteiger partial charge in [-0.15, -0.1) is 0 Å². The Hall–Kier alpha value is -1.08. The fourth-order valence-electron chi connectivity index (χ4n) is 1.51. The normalized spacial score (nSPS) is 18.6. The largest absolute Gasteiger partial charge is 0.316 e. The third-order valence-corrected chi connectivity index (χ3v) is 2.33. The lowest BCUT2D eigenvalue weighted by atomic mass is 10.0. The van der Waals surface area contributed by atoms with Crippen molar-refractivity contribution in [3.05, 3.63) is 48.1 Å². The van der Waals surface area contributed by atoms with Crippen molar-refractivity contribution in [3.8, 4) is 0 Å². The van der Waals surface area contributed by atoms with Gasteiger partial charge in [0.05, 0.1) is 0 Å². The molecule has 0 amide bonds. The molecule has 1 saturated heterocycles. The number of rotatable bonds is 3. The summed E-state index contributed by atoms with van der Waals surface area (Å²) < 4.78 is 0. The molecule has 0 saturated carbocycles. The minimum atomic E-state index is 1.11. The van der Waals surface area contributed by atoms with Crippen molar-refractivity contribution in [2.75, 3.05) is 13.1 Å². The molecular weight excluding hydrogens is 170 g/mol. The summed E-state index contributed by atoms with van der Waals surface area (Å²) in [5, 5.41) is 3.35. The summed E-state index contributed by atoms with van der Waals surface area (Å²) in [4.78, 5) is 0. The SMILES string of the molecule is C=C/C(C=C1CCNCC1)=C\C=C/C. The van der Waals surface area contributed by atoms with Gasteiger partial charge in [-0.25, -0.2) is 0 Å². The van der Waals surface area contributed by atoms with Crippen LogP contribution in [-0.4, -0.2) is 13.1 Å². The van der Waals surface area contributed by atoms with E-state index < -0.39 is 0 Å². The first-order valence-corrected chi connectivity index (χ1v) is 5.22. The van der Waals surface area contributed by atoms with E-state index in [9.17, 15) is 0 Å². The summed E-state index contributed by atoms with van der Waals surface area (Å²) in [6.07, 6.45) is 12.7. The van der Waals surface area contributed by atoms with E-state index in [1.165, 1.54) is 24.0 Å². The zero-order valence-electron chi connectivity index (χ0n) is 8.92. The molecule has 0 spiro atoms. The van der Waals surface area contributed by atoms with Gasteiger partial charge in [0.2, 0.25) is 0 Å². The summed E-state index contributed by atoms with van der Waals surface area (Å²) in [5.41, 5.74) is 2.74. The van der Waals surface area contributed by atoms with Crippen molar-refractivity contribution in [1.82, 2.24) is 5.32 Å². The van der Waals surface area contributed by atoms with E-state index in [1.807, 2.05) is 19.1 Å². The summed E-state index contributed by atoms with van der Waals surface area (Å²) >= 11 is 0. The molecule has 1 aliphatic heterocycles. The number of allylic oxidation sites excluding steroid dienone is 6. The van der Waals surface area contributed by atoms with Crippen LogP contribution in [0.15, 0.2) is 48.1 Å². The van der Waals surface area contributed by atoms with Crippen molar-refractivity contribution in [3.63, 3.8) is 0 Å². The molecule has 14 heavy (non-hydrogen) atoms. The Morgan fingerprint density at radius 2 is 2.07 bits per heavy atom. The van der Waals surface area contributed by atoms with E-state index >= 15 is 0 Å². The van der Waals surface area contributed by atoms with E-state index in [-0.39, 0.29) is 0 Å². The predicted molar refractivity (Wildman–Crippen MR) is 63.3 cm³/mol. The molecule has 1 heterocycles. The first-order chi connectivity index (χ1) is 6.86. The fraction of sp³-hybridized carbons (Fsp3) is 0.385. The molecule has 1 nitrogen and oxygen atoms in total. The molecule has 76 valence electrons. The number of piperidine rings is 1. The Balaban J connectivity index is 2.65. The van der Waals surface area contributed by atoms with Gasteiger partial charge in [0, 0.05) is 0 Å². The van der Waals surface area contributed by atoms with Crippen molar-refractivity contribution in [1.29, 1.82) is 0 Å². The molecule has 0 aliphatic carbocycles. The van der Waals surface area contributed by atoms with E-state index in [4.69, 9.17) is 0 Å². The van der Waals surface area contributed by atoms with E-state index in [1.54, 1.807) is 0 Å². The van der Waals surface area contributed by atoms with Crippen LogP contribution in [0, 0.1) is 0 Å². The topological polar surface area (TPSA) is 12.0 Å². The Bertz CT molecular complexity index is 261. The van der Waals surface area contributed by atoms with E-state index in [0.717, 1.165) is 13.1 Å². The zero-order valence-corrected chi connectivity index (χ0v) is 8.92. The standard InChI is InChI=1S/C13H19N/c1-3-5-6-12(4-2)11-13-7-9-14-10-8-13/h3-6,11,14H,2,7-10H2,1H3/b5-3-,12-6+. The van der Waals surface area contributed by atoms with Crippen LogP contribution in [0.1, 0.15) is 19.8 Å². The third kappa shape index (κ3) is 3.75. The second-order valence-electron chi connectivity index (χ2n) is 3.45. The maximum absolute atomic E-state index is 3.82. The maximum atomic E-state index is 3.82. The lowest BCUT2D eigenvalue weighted by molar-refractivity contribution is 0.610. The minimum Gasteiger partial charge on any atom is -0.316 e. The van der Waals surface area contributed by atoms with Crippen LogP contribution in [0.4, 0.5) is 0 Å². The van der Waals surface area contributed by atoms with Crippen LogP contribution in [0.2, 0.25) is 0 Å². The zero-order chi connectivity index (χ0) is 10.2. The molecule has 0 aromatic carbocycles. The van der Waals surface area contributed by atoms with Crippen molar-refractivity contribution < 1.29 is 0 Å². The molecule has 1 fully saturated rings. The van der Waals surface area contributed by atoms with Gasteiger partial charge >= 0.3 is 0 Å². The van der Waals surface area contributed by atoms with Crippen LogP contribution in [-0.2, 0) is 0 Å². The Labute approximate surface area is 86.9 Å². The summed E-state index contributed by atoms with van der Waals surface area (Å²) in [5.74, 6) is 0. The second-order valence-corrected chi connectivity index (χ2v) is 3.45.